The van der Waals surface area contributed by atoms with Gasteiger partial charge in [0.1, 0.15) is 0 Å². The van der Waals surface area contributed by atoms with Crippen LogP contribution in [0.15, 0.2) is 69.6 Å². The molecule has 1 heterocycles. The quantitative estimate of drug-likeness (QED) is 0.439. The fourth-order valence-corrected chi connectivity index (χ4v) is 3.36. The van der Waals surface area contributed by atoms with E-state index < -0.39 is 5.91 Å². The van der Waals surface area contributed by atoms with Gasteiger partial charge in [-0.05, 0) is 42.1 Å². The van der Waals surface area contributed by atoms with E-state index in [-0.39, 0.29) is 5.91 Å². The number of anilines is 1. The van der Waals surface area contributed by atoms with Crippen molar-refractivity contribution in [2.75, 3.05) is 5.32 Å². The number of hydrogen-bond donors (Lipinski definition) is 2. The van der Waals surface area contributed by atoms with Crippen molar-refractivity contribution in [3.05, 3.63) is 86.0 Å². The molecule has 5 nitrogen and oxygen atoms in total. The Balaban J connectivity index is 1.75. The van der Waals surface area contributed by atoms with E-state index in [1.54, 1.807) is 36.5 Å². The molecule has 0 bridgehead atoms. The number of nitrogens with zero attached hydrogens (tertiary/aromatic N) is 1. The van der Waals surface area contributed by atoms with Crippen molar-refractivity contribution in [3.63, 3.8) is 0 Å². The fraction of sp³-hybridized carbons (Fsp3) is 0.0500. The van der Waals surface area contributed by atoms with E-state index in [2.05, 4.69) is 31.8 Å². The Kier molecular flexibility index (Phi) is 6.16. The Bertz CT molecular complexity index is 1000. The molecule has 3 aromatic rings. The Morgan fingerprint density at radius 1 is 1.07 bits per heavy atom. The minimum absolute atomic E-state index is 0.260. The molecule has 27 heavy (non-hydrogen) atoms. The maximum Gasteiger partial charge on any atom is 0.273 e. The zero-order chi connectivity index (χ0) is 19.2. The van der Waals surface area contributed by atoms with E-state index in [1.165, 1.54) is 11.3 Å². The van der Waals surface area contributed by atoms with Gasteiger partial charge in [-0.1, -0.05) is 51.8 Å². The number of amides is 2. The maximum absolute atomic E-state index is 12.5. The highest BCUT2D eigenvalue weighted by Crippen LogP contribution is 2.22. The van der Waals surface area contributed by atoms with Crippen molar-refractivity contribution < 1.29 is 9.59 Å². The van der Waals surface area contributed by atoms with E-state index in [0.29, 0.717) is 16.1 Å². The Morgan fingerprint density at radius 3 is 2.67 bits per heavy atom. The zero-order valence-corrected chi connectivity index (χ0v) is 16.8. The molecule has 0 aliphatic carbocycles. The minimum atomic E-state index is -0.415. The fourth-order valence-electron chi connectivity index (χ4n) is 2.38. The molecular formula is C20H16BrN3O2S. The Morgan fingerprint density at radius 2 is 1.93 bits per heavy atom. The van der Waals surface area contributed by atoms with E-state index in [4.69, 9.17) is 0 Å². The van der Waals surface area contributed by atoms with Crippen molar-refractivity contribution >= 4 is 51.0 Å². The number of aryl methyl sites for hydroxylation is 1. The predicted molar refractivity (Wildman–Crippen MR) is 113 cm³/mol. The summed E-state index contributed by atoms with van der Waals surface area (Å²) in [4.78, 5) is 25.4. The number of carbonyl (C=O) groups excluding carboxylic acids is 2. The third-order valence-electron chi connectivity index (χ3n) is 3.64. The molecule has 0 atom stereocenters. The first kappa shape index (κ1) is 19.0. The van der Waals surface area contributed by atoms with Gasteiger partial charge in [-0.2, -0.15) is 5.10 Å². The van der Waals surface area contributed by atoms with Crippen LogP contribution in [0.25, 0.3) is 0 Å². The number of thiophene rings is 1. The lowest BCUT2D eigenvalue weighted by molar-refractivity contribution is 0.0956. The molecule has 1 aromatic heterocycles. The highest BCUT2D eigenvalue weighted by molar-refractivity contribution is 9.10. The highest BCUT2D eigenvalue weighted by atomic mass is 79.9. The second kappa shape index (κ2) is 8.75. The lowest BCUT2D eigenvalue weighted by Gasteiger charge is -2.10. The average molecular weight is 442 g/mol. The van der Waals surface area contributed by atoms with Gasteiger partial charge >= 0.3 is 0 Å². The number of rotatable bonds is 5. The topological polar surface area (TPSA) is 70.6 Å². The summed E-state index contributed by atoms with van der Waals surface area (Å²) in [6.45, 7) is 1.99. The first-order valence-electron chi connectivity index (χ1n) is 8.07. The summed E-state index contributed by atoms with van der Waals surface area (Å²) in [5.74, 6) is -0.675. The van der Waals surface area contributed by atoms with Crippen LogP contribution in [-0.4, -0.2) is 18.0 Å². The van der Waals surface area contributed by atoms with Crippen LogP contribution in [0.4, 0.5) is 5.69 Å². The zero-order valence-electron chi connectivity index (χ0n) is 14.4. The van der Waals surface area contributed by atoms with Gasteiger partial charge in [0.05, 0.1) is 22.3 Å². The summed E-state index contributed by atoms with van der Waals surface area (Å²) < 4.78 is 0.726. The second-order valence-electron chi connectivity index (χ2n) is 5.73. The SMILES string of the molecule is Cc1cccc(/C=N/NC(=O)c2cc(Br)ccc2NC(=O)c2cccs2)c1. The van der Waals surface area contributed by atoms with Crippen molar-refractivity contribution in [3.8, 4) is 0 Å². The maximum atomic E-state index is 12.5. The van der Waals surface area contributed by atoms with Gasteiger partial charge in [0.2, 0.25) is 0 Å². The number of benzene rings is 2. The van der Waals surface area contributed by atoms with E-state index in [1.807, 2.05) is 36.6 Å². The lowest BCUT2D eigenvalue weighted by Crippen LogP contribution is -2.21. The van der Waals surface area contributed by atoms with Crippen LogP contribution in [0, 0.1) is 6.92 Å². The van der Waals surface area contributed by atoms with Gasteiger partial charge in [0.25, 0.3) is 11.8 Å². The molecule has 0 aliphatic heterocycles. The Labute approximate surface area is 169 Å². The molecule has 0 aliphatic rings. The van der Waals surface area contributed by atoms with Crippen molar-refractivity contribution in [2.24, 2.45) is 5.10 Å². The third kappa shape index (κ3) is 5.12. The number of hydrazone groups is 1. The van der Waals surface area contributed by atoms with E-state index in [9.17, 15) is 9.59 Å². The summed E-state index contributed by atoms with van der Waals surface area (Å²) >= 11 is 4.69. The van der Waals surface area contributed by atoms with Gasteiger partial charge in [-0.3, -0.25) is 9.59 Å². The Hall–Kier alpha value is -2.77. The van der Waals surface area contributed by atoms with Crippen LogP contribution < -0.4 is 10.7 Å². The van der Waals surface area contributed by atoms with Gasteiger partial charge in [-0.25, -0.2) is 5.43 Å². The molecular weight excluding hydrogens is 426 g/mol. The van der Waals surface area contributed by atoms with E-state index >= 15 is 0 Å². The molecule has 0 unspecified atom stereocenters. The van der Waals surface area contributed by atoms with Crippen LogP contribution in [0.5, 0.6) is 0 Å². The number of carbonyl (C=O) groups is 2. The van der Waals surface area contributed by atoms with Crippen LogP contribution in [-0.2, 0) is 0 Å². The van der Waals surface area contributed by atoms with Crippen molar-refractivity contribution in [1.29, 1.82) is 0 Å². The first-order chi connectivity index (χ1) is 13.0. The molecule has 2 aromatic carbocycles. The number of halogens is 1. The largest absolute Gasteiger partial charge is 0.321 e. The average Bonchev–Trinajstić information content (AvgIpc) is 3.18. The highest BCUT2D eigenvalue weighted by Gasteiger charge is 2.15. The molecule has 2 amide bonds. The molecule has 7 heteroatoms. The third-order valence-corrected chi connectivity index (χ3v) is 5.00. The summed E-state index contributed by atoms with van der Waals surface area (Å²) in [6, 6.07) is 16.4. The summed E-state index contributed by atoms with van der Waals surface area (Å²) in [7, 11) is 0. The van der Waals surface area contributed by atoms with Gasteiger partial charge in [-0.15, -0.1) is 11.3 Å². The molecule has 0 spiro atoms. The van der Waals surface area contributed by atoms with Crippen LogP contribution in [0.2, 0.25) is 0 Å². The second-order valence-corrected chi connectivity index (χ2v) is 7.60. The normalized spacial score (nSPS) is 10.7. The van der Waals surface area contributed by atoms with Crippen LogP contribution in [0.3, 0.4) is 0 Å². The minimum Gasteiger partial charge on any atom is -0.321 e. The molecule has 3 rings (SSSR count). The molecule has 0 fully saturated rings. The first-order valence-corrected chi connectivity index (χ1v) is 9.74. The monoisotopic (exact) mass is 441 g/mol. The standard InChI is InChI=1S/C20H16BrN3O2S/c1-13-4-2-5-14(10-13)12-22-24-19(25)16-11-15(21)7-8-17(16)23-20(26)18-6-3-9-27-18/h2-12H,1H3,(H,23,26)(H,24,25)/b22-12+. The molecule has 0 saturated heterocycles. The summed E-state index contributed by atoms with van der Waals surface area (Å²) in [5.41, 5.74) is 5.23. The predicted octanol–water partition coefficient (Wildman–Crippen LogP) is 4.84. The number of nitrogens with one attached hydrogen (secondary N) is 2. The smallest absolute Gasteiger partial charge is 0.273 e. The van der Waals surface area contributed by atoms with Crippen LogP contribution in [0.1, 0.15) is 31.2 Å². The van der Waals surface area contributed by atoms with Gasteiger partial charge in [0, 0.05) is 4.47 Å². The van der Waals surface area contributed by atoms with Crippen molar-refractivity contribution in [2.45, 2.75) is 6.92 Å². The van der Waals surface area contributed by atoms with Crippen molar-refractivity contribution in [1.82, 2.24) is 5.43 Å². The molecule has 0 saturated carbocycles. The van der Waals surface area contributed by atoms with Crippen LogP contribution >= 0.6 is 27.3 Å². The van der Waals surface area contributed by atoms with Gasteiger partial charge in [0.15, 0.2) is 0 Å². The lowest BCUT2D eigenvalue weighted by atomic mass is 10.1. The summed E-state index contributed by atoms with van der Waals surface area (Å²) in [5, 5.41) is 8.61. The number of hydrogen-bond acceptors (Lipinski definition) is 4. The molecule has 2 N–H and O–H groups in total. The molecule has 0 radical (unpaired) electrons. The summed E-state index contributed by atoms with van der Waals surface area (Å²) in [6.07, 6.45) is 1.58. The molecule has 136 valence electrons. The van der Waals surface area contributed by atoms with E-state index in [0.717, 1.165) is 15.6 Å². The van der Waals surface area contributed by atoms with Gasteiger partial charge < -0.3 is 5.32 Å².